The summed E-state index contributed by atoms with van der Waals surface area (Å²) in [6.07, 6.45) is 1.74. The second-order valence-electron chi connectivity index (χ2n) is 9.17. The largest absolute Gasteiger partial charge is 0.418 e. The topological polar surface area (TPSA) is 52.6 Å². The normalized spacial score (nSPS) is 11.5. The zero-order valence-electron chi connectivity index (χ0n) is 22.3. The smallest absolute Gasteiger partial charge is 0.343 e. The van der Waals surface area contributed by atoms with Gasteiger partial charge in [-0.25, -0.2) is 9.59 Å². The van der Waals surface area contributed by atoms with Crippen molar-refractivity contribution in [2.75, 3.05) is 0 Å². The Morgan fingerprint density at radius 1 is 0.526 bits per heavy atom. The fourth-order valence-electron chi connectivity index (χ4n) is 4.16. The highest BCUT2D eigenvalue weighted by atomic mass is 16.6. The third kappa shape index (κ3) is 6.09. The number of aryl methyl sites for hydroxylation is 4. The Hall–Kier alpha value is -4.44. The number of rotatable bonds is 8. The van der Waals surface area contributed by atoms with Crippen LogP contribution in [0.25, 0.3) is 11.5 Å². The molecule has 0 heterocycles. The number of carbonyl (C=O) groups is 2. The summed E-state index contributed by atoms with van der Waals surface area (Å²) < 4.78 is 12.2. The first kappa shape index (κ1) is 26.6. The van der Waals surface area contributed by atoms with Crippen LogP contribution in [0.2, 0.25) is 0 Å². The molecule has 0 N–H and O–H groups in total. The van der Waals surface area contributed by atoms with Crippen molar-refractivity contribution in [3.63, 3.8) is 0 Å². The van der Waals surface area contributed by atoms with Gasteiger partial charge >= 0.3 is 11.9 Å². The zero-order chi connectivity index (χ0) is 27.1. The molecule has 0 spiro atoms. The maximum atomic E-state index is 13.4. The molecule has 0 radical (unpaired) electrons. The van der Waals surface area contributed by atoms with Gasteiger partial charge in [0.1, 0.15) is 0 Å². The number of hydrogen-bond acceptors (Lipinski definition) is 4. The van der Waals surface area contributed by atoms with E-state index in [0.29, 0.717) is 22.3 Å². The first-order valence-corrected chi connectivity index (χ1v) is 12.9. The maximum absolute atomic E-state index is 13.4. The van der Waals surface area contributed by atoms with E-state index in [4.69, 9.17) is 9.47 Å². The average molecular weight is 505 g/mol. The van der Waals surface area contributed by atoms with Gasteiger partial charge in [-0.05, 0) is 73.2 Å². The monoisotopic (exact) mass is 504 g/mol. The van der Waals surface area contributed by atoms with Gasteiger partial charge in [0.2, 0.25) is 0 Å². The van der Waals surface area contributed by atoms with Crippen LogP contribution in [0.1, 0.15) is 67.9 Å². The SMILES string of the molecule is CCc1ccc(C(=O)O/C(=C(/OC(=O)c2ccc(CC)cc2)c2ccccc2C)c2ccccc2C)cc1. The van der Waals surface area contributed by atoms with Gasteiger partial charge in [-0.1, -0.05) is 86.6 Å². The third-order valence-electron chi connectivity index (χ3n) is 6.57. The number of esters is 2. The molecule has 0 aliphatic rings. The van der Waals surface area contributed by atoms with Gasteiger partial charge in [0.15, 0.2) is 11.5 Å². The van der Waals surface area contributed by atoms with Crippen molar-refractivity contribution in [1.29, 1.82) is 0 Å². The molecular weight excluding hydrogens is 472 g/mol. The van der Waals surface area contributed by atoms with E-state index >= 15 is 0 Å². The molecule has 0 saturated carbocycles. The first-order chi connectivity index (χ1) is 18.4. The van der Waals surface area contributed by atoms with E-state index in [-0.39, 0.29) is 11.5 Å². The summed E-state index contributed by atoms with van der Waals surface area (Å²) >= 11 is 0. The van der Waals surface area contributed by atoms with Crippen LogP contribution in [0.4, 0.5) is 0 Å². The van der Waals surface area contributed by atoms with E-state index < -0.39 is 11.9 Å². The van der Waals surface area contributed by atoms with Gasteiger partial charge in [0, 0.05) is 11.1 Å². The van der Waals surface area contributed by atoms with Crippen molar-refractivity contribution in [2.45, 2.75) is 40.5 Å². The van der Waals surface area contributed by atoms with Crippen molar-refractivity contribution in [3.8, 4) is 0 Å². The van der Waals surface area contributed by atoms with E-state index in [9.17, 15) is 9.59 Å². The molecule has 0 amide bonds. The van der Waals surface area contributed by atoms with Crippen molar-refractivity contribution in [1.82, 2.24) is 0 Å². The predicted molar refractivity (Wildman–Crippen MR) is 152 cm³/mol. The van der Waals surface area contributed by atoms with E-state index in [1.807, 2.05) is 86.6 Å². The first-order valence-electron chi connectivity index (χ1n) is 12.9. The molecule has 0 unspecified atom stereocenters. The Balaban J connectivity index is 1.86. The van der Waals surface area contributed by atoms with Crippen molar-refractivity contribution in [3.05, 3.63) is 142 Å². The Labute approximate surface area is 224 Å². The van der Waals surface area contributed by atoms with Crippen LogP contribution in [-0.4, -0.2) is 11.9 Å². The Kier molecular flexibility index (Phi) is 8.55. The van der Waals surface area contributed by atoms with Crippen LogP contribution in [0.5, 0.6) is 0 Å². The maximum Gasteiger partial charge on any atom is 0.343 e. The molecule has 0 aliphatic heterocycles. The molecule has 4 nitrogen and oxygen atoms in total. The number of carbonyl (C=O) groups excluding carboxylic acids is 2. The molecule has 4 aromatic carbocycles. The van der Waals surface area contributed by atoms with Crippen LogP contribution in [0, 0.1) is 13.8 Å². The standard InChI is InChI=1S/C34H32O4/c1-5-25-15-19-27(20-16-25)33(35)37-31(29-13-9-7-11-23(29)3)32(30-14-10-8-12-24(30)4)38-34(36)28-21-17-26(6-2)18-22-28/h7-22H,5-6H2,1-4H3/b32-31+. The fraction of sp³-hybridized carbons (Fsp3) is 0.176. The van der Waals surface area contributed by atoms with Crippen molar-refractivity contribution >= 4 is 23.5 Å². The molecule has 0 fully saturated rings. The highest BCUT2D eigenvalue weighted by Gasteiger charge is 2.24. The highest BCUT2D eigenvalue weighted by molar-refractivity contribution is 6.01. The highest BCUT2D eigenvalue weighted by Crippen LogP contribution is 2.33. The van der Waals surface area contributed by atoms with Gasteiger partial charge in [-0.2, -0.15) is 0 Å². The lowest BCUT2D eigenvalue weighted by atomic mass is 10.0. The number of ether oxygens (including phenoxy) is 2. The van der Waals surface area contributed by atoms with E-state index in [2.05, 4.69) is 13.8 Å². The quantitative estimate of drug-likeness (QED) is 0.139. The average Bonchev–Trinajstić information content (AvgIpc) is 2.95. The molecular formula is C34H32O4. The lowest BCUT2D eigenvalue weighted by Crippen LogP contribution is -2.12. The number of benzene rings is 4. The summed E-state index contributed by atoms with van der Waals surface area (Å²) in [4.78, 5) is 26.8. The molecule has 0 atom stereocenters. The molecule has 192 valence electrons. The Bertz CT molecular complexity index is 1350. The molecule has 0 aromatic heterocycles. The van der Waals surface area contributed by atoms with Gasteiger partial charge in [-0.3, -0.25) is 0 Å². The van der Waals surface area contributed by atoms with Crippen molar-refractivity contribution < 1.29 is 19.1 Å². The molecule has 4 aromatic rings. The van der Waals surface area contributed by atoms with Gasteiger partial charge < -0.3 is 9.47 Å². The molecule has 4 heteroatoms. The molecule has 38 heavy (non-hydrogen) atoms. The summed E-state index contributed by atoms with van der Waals surface area (Å²) in [6, 6.07) is 29.8. The van der Waals surface area contributed by atoms with Gasteiger partial charge in [0.25, 0.3) is 0 Å². The lowest BCUT2D eigenvalue weighted by Gasteiger charge is -2.19. The summed E-state index contributed by atoms with van der Waals surface area (Å²) in [5, 5.41) is 0. The lowest BCUT2D eigenvalue weighted by molar-refractivity contribution is 0.0646. The van der Waals surface area contributed by atoms with E-state index in [1.165, 1.54) is 0 Å². The van der Waals surface area contributed by atoms with Crippen LogP contribution >= 0.6 is 0 Å². The second kappa shape index (κ2) is 12.2. The minimum Gasteiger partial charge on any atom is -0.418 e. The summed E-state index contributed by atoms with van der Waals surface area (Å²) in [5.74, 6) is -0.665. The van der Waals surface area contributed by atoms with E-state index in [1.54, 1.807) is 24.3 Å². The summed E-state index contributed by atoms with van der Waals surface area (Å²) in [6.45, 7) is 7.98. The van der Waals surface area contributed by atoms with Crippen LogP contribution in [0.15, 0.2) is 97.1 Å². The zero-order valence-corrected chi connectivity index (χ0v) is 22.3. The molecule has 4 rings (SSSR count). The fourth-order valence-corrected chi connectivity index (χ4v) is 4.16. The van der Waals surface area contributed by atoms with Crippen LogP contribution in [0.3, 0.4) is 0 Å². The Morgan fingerprint density at radius 3 is 1.18 bits per heavy atom. The summed E-state index contributed by atoms with van der Waals surface area (Å²) in [5.41, 5.74) is 6.17. The molecule has 0 aliphatic carbocycles. The van der Waals surface area contributed by atoms with Crippen LogP contribution < -0.4 is 0 Å². The third-order valence-corrected chi connectivity index (χ3v) is 6.57. The minimum absolute atomic E-state index is 0.195. The van der Waals surface area contributed by atoms with E-state index in [0.717, 1.165) is 35.1 Å². The number of hydrogen-bond donors (Lipinski definition) is 0. The van der Waals surface area contributed by atoms with Crippen LogP contribution in [-0.2, 0) is 22.3 Å². The van der Waals surface area contributed by atoms with Crippen molar-refractivity contribution in [2.24, 2.45) is 0 Å². The molecule has 0 saturated heterocycles. The van der Waals surface area contributed by atoms with Gasteiger partial charge in [-0.15, -0.1) is 0 Å². The predicted octanol–water partition coefficient (Wildman–Crippen LogP) is 7.97. The van der Waals surface area contributed by atoms with Gasteiger partial charge in [0.05, 0.1) is 11.1 Å². The Morgan fingerprint density at radius 2 is 0.868 bits per heavy atom. The summed E-state index contributed by atoms with van der Waals surface area (Å²) in [7, 11) is 0. The molecule has 0 bridgehead atoms. The minimum atomic E-state index is -0.527. The second-order valence-corrected chi connectivity index (χ2v) is 9.17.